The molecule has 0 amide bonds. The highest BCUT2D eigenvalue weighted by atomic mass is 19.1. The van der Waals surface area contributed by atoms with E-state index in [2.05, 4.69) is 23.7 Å². The number of halogens is 1. The Labute approximate surface area is 113 Å². The average Bonchev–Trinajstić information content (AvgIpc) is 2.74. The van der Waals surface area contributed by atoms with Crippen molar-refractivity contribution in [2.24, 2.45) is 0 Å². The number of fused-ring (bicyclic) bond motifs is 1. The van der Waals surface area contributed by atoms with E-state index in [9.17, 15) is 4.39 Å². The van der Waals surface area contributed by atoms with E-state index in [1.54, 1.807) is 6.07 Å². The Morgan fingerprint density at radius 3 is 2.95 bits per heavy atom. The summed E-state index contributed by atoms with van der Waals surface area (Å²) in [6.07, 6.45) is 2.41. The van der Waals surface area contributed by atoms with Crippen LogP contribution in [0.3, 0.4) is 0 Å². The van der Waals surface area contributed by atoms with Crippen LogP contribution in [0, 0.1) is 12.7 Å². The number of benzene rings is 1. The minimum Gasteiger partial charge on any atom is -0.342 e. The van der Waals surface area contributed by atoms with Gasteiger partial charge in [-0.2, -0.15) is 0 Å². The first-order valence-corrected chi connectivity index (χ1v) is 7.22. The maximum absolute atomic E-state index is 14.2. The number of piperidine rings is 1. The Hall–Kier alpha value is -1.35. The number of rotatable bonds is 2. The van der Waals surface area contributed by atoms with Crippen LogP contribution in [-0.4, -0.2) is 17.7 Å². The van der Waals surface area contributed by atoms with Crippen LogP contribution >= 0.6 is 0 Å². The van der Waals surface area contributed by atoms with E-state index in [4.69, 9.17) is 0 Å². The molecule has 19 heavy (non-hydrogen) atoms. The lowest BCUT2D eigenvalue weighted by Crippen LogP contribution is -2.30. The average molecular weight is 260 g/mol. The number of hydrogen-bond acceptors (Lipinski definition) is 1. The molecule has 1 saturated heterocycles. The van der Waals surface area contributed by atoms with Crippen LogP contribution in [0.1, 0.15) is 36.9 Å². The van der Waals surface area contributed by atoms with E-state index in [1.165, 1.54) is 24.1 Å². The predicted octanol–water partition coefficient (Wildman–Crippen LogP) is 3.58. The topological polar surface area (TPSA) is 17.0 Å². The Morgan fingerprint density at radius 1 is 1.42 bits per heavy atom. The number of aromatic nitrogens is 1. The summed E-state index contributed by atoms with van der Waals surface area (Å²) in [5.74, 6) is 0.415. The van der Waals surface area contributed by atoms with Gasteiger partial charge in [0.1, 0.15) is 5.82 Å². The van der Waals surface area contributed by atoms with Crippen molar-refractivity contribution in [3.63, 3.8) is 0 Å². The highest BCUT2D eigenvalue weighted by Gasteiger charge is 2.24. The highest BCUT2D eigenvalue weighted by molar-refractivity contribution is 5.86. The third kappa shape index (κ3) is 1.96. The molecule has 0 aliphatic carbocycles. The summed E-state index contributed by atoms with van der Waals surface area (Å²) < 4.78 is 16.3. The standard InChI is InChI=1S/C16H21FN2/c1-3-19-15(12-6-5-9-18-10-12)11(2)13-7-4-8-14(17)16(13)19/h4,7-8,12,18H,3,5-6,9-10H2,1-2H3. The second-order valence-electron chi connectivity index (χ2n) is 5.43. The lowest BCUT2D eigenvalue weighted by molar-refractivity contribution is 0.442. The monoisotopic (exact) mass is 260 g/mol. The van der Waals surface area contributed by atoms with E-state index in [-0.39, 0.29) is 5.82 Å². The van der Waals surface area contributed by atoms with E-state index in [0.717, 1.165) is 30.5 Å². The van der Waals surface area contributed by atoms with Crippen LogP contribution in [-0.2, 0) is 6.54 Å². The molecule has 0 radical (unpaired) electrons. The minimum atomic E-state index is -0.0996. The molecular weight excluding hydrogens is 239 g/mol. The second kappa shape index (κ2) is 4.97. The SMILES string of the molecule is CCn1c(C2CCCNC2)c(C)c2cccc(F)c21. The first-order chi connectivity index (χ1) is 9.24. The molecule has 1 aromatic carbocycles. The van der Waals surface area contributed by atoms with Crippen molar-refractivity contribution >= 4 is 10.9 Å². The largest absolute Gasteiger partial charge is 0.342 e. The van der Waals surface area contributed by atoms with Crippen molar-refractivity contribution in [3.05, 3.63) is 35.3 Å². The van der Waals surface area contributed by atoms with Crippen LogP contribution < -0.4 is 5.32 Å². The molecule has 1 N–H and O–H groups in total. The zero-order valence-electron chi connectivity index (χ0n) is 11.7. The van der Waals surface area contributed by atoms with Crippen molar-refractivity contribution in [2.75, 3.05) is 13.1 Å². The Bertz CT molecular complexity index is 594. The van der Waals surface area contributed by atoms with Gasteiger partial charge in [-0.05, 0) is 44.9 Å². The summed E-state index contributed by atoms with van der Waals surface area (Å²) in [5.41, 5.74) is 3.36. The van der Waals surface area contributed by atoms with Crippen molar-refractivity contribution in [1.29, 1.82) is 0 Å². The van der Waals surface area contributed by atoms with E-state index in [0.29, 0.717) is 5.92 Å². The van der Waals surface area contributed by atoms with Gasteiger partial charge in [-0.3, -0.25) is 0 Å². The molecule has 2 aromatic rings. The fraction of sp³-hybridized carbons (Fsp3) is 0.500. The minimum absolute atomic E-state index is 0.0996. The van der Waals surface area contributed by atoms with Gasteiger partial charge in [0, 0.05) is 30.1 Å². The van der Waals surface area contributed by atoms with Gasteiger partial charge in [-0.1, -0.05) is 12.1 Å². The quantitative estimate of drug-likeness (QED) is 0.873. The van der Waals surface area contributed by atoms with Crippen molar-refractivity contribution in [1.82, 2.24) is 9.88 Å². The first-order valence-electron chi connectivity index (χ1n) is 7.22. The molecule has 1 aliphatic rings. The van der Waals surface area contributed by atoms with Gasteiger partial charge >= 0.3 is 0 Å². The number of nitrogens with zero attached hydrogens (tertiary/aromatic N) is 1. The molecule has 1 aromatic heterocycles. The molecule has 1 fully saturated rings. The molecular formula is C16H21FN2. The third-order valence-corrected chi connectivity index (χ3v) is 4.34. The van der Waals surface area contributed by atoms with Crippen molar-refractivity contribution in [3.8, 4) is 0 Å². The molecule has 3 heteroatoms. The van der Waals surface area contributed by atoms with Gasteiger partial charge in [-0.15, -0.1) is 0 Å². The molecule has 1 atom stereocenters. The van der Waals surface area contributed by atoms with Crippen LogP contribution in [0.5, 0.6) is 0 Å². The molecule has 102 valence electrons. The van der Waals surface area contributed by atoms with Gasteiger partial charge in [0.2, 0.25) is 0 Å². The molecule has 0 bridgehead atoms. The van der Waals surface area contributed by atoms with Gasteiger partial charge < -0.3 is 9.88 Å². The van der Waals surface area contributed by atoms with Gasteiger partial charge in [0.25, 0.3) is 0 Å². The van der Waals surface area contributed by atoms with Crippen molar-refractivity contribution in [2.45, 2.75) is 39.2 Å². The lowest BCUT2D eigenvalue weighted by Gasteiger charge is -2.25. The van der Waals surface area contributed by atoms with Crippen molar-refractivity contribution < 1.29 is 4.39 Å². The maximum atomic E-state index is 14.2. The number of para-hydroxylation sites is 1. The molecule has 0 spiro atoms. The van der Waals surface area contributed by atoms with Crippen LogP contribution in [0.25, 0.3) is 10.9 Å². The van der Waals surface area contributed by atoms with Gasteiger partial charge in [0.05, 0.1) is 5.52 Å². The summed E-state index contributed by atoms with van der Waals surface area (Å²) in [6.45, 7) is 7.19. The zero-order valence-corrected chi connectivity index (χ0v) is 11.7. The third-order valence-electron chi connectivity index (χ3n) is 4.34. The van der Waals surface area contributed by atoms with E-state index in [1.807, 2.05) is 12.1 Å². The molecule has 1 unspecified atom stereocenters. The summed E-state index contributed by atoms with van der Waals surface area (Å²) in [5, 5.41) is 4.54. The molecule has 0 saturated carbocycles. The highest BCUT2D eigenvalue weighted by Crippen LogP contribution is 2.34. The van der Waals surface area contributed by atoms with Crippen LogP contribution in [0.2, 0.25) is 0 Å². The Kier molecular flexibility index (Phi) is 3.31. The lowest BCUT2D eigenvalue weighted by atomic mass is 9.93. The summed E-state index contributed by atoms with van der Waals surface area (Å²) in [6, 6.07) is 5.42. The first kappa shape index (κ1) is 12.7. The van der Waals surface area contributed by atoms with E-state index < -0.39 is 0 Å². The van der Waals surface area contributed by atoms with Crippen LogP contribution in [0.4, 0.5) is 4.39 Å². The molecule has 2 heterocycles. The maximum Gasteiger partial charge on any atom is 0.147 e. The van der Waals surface area contributed by atoms with Crippen LogP contribution in [0.15, 0.2) is 18.2 Å². The van der Waals surface area contributed by atoms with E-state index >= 15 is 0 Å². The Morgan fingerprint density at radius 2 is 2.26 bits per heavy atom. The predicted molar refractivity (Wildman–Crippen MR) is 77.2 cm³/mol. The number of nitrogens with one attached hydrogen (secondary N) is 1. The second-order valence-corrected chi connectivity index (χ2v) is 5.43. The zero-order chi connectivity index (χ0) is 13.4. The summed E-state index contributed by atoms with van der Waals surface area (Å²) in [4.78, 5) is 0. The van der Waals surface area contributed by atoms with Gasteiger partial charge in [0.15, 0.2) is 0 Å². The number of aryl methyl sites for hydroxylation is 2. The Balaban J connectivity index is 2.22. The smallest absolute Gasteiger partial charge is 0.147 e. The van der Waals surface area contributed by atoms with Gasteiger partial charge in [-0.25, -0.2) is 4.39 Å². The summed E-state index contributed by atoms with van der Waals surface area (Å²) >= 11 is 0. The number of hydrogen-bond donors (Lipinski definition) is 1. The fourth-order valence-corrected chi connectivity index (χ4v) is 3.49. The normalized spacial score (nSPS) is 20.1. The summed E-state index contributed by atoms with van der Waals surface area (Å²) in [7, 11) is 0. The molecule has 3 rings (SSSR count). The molecule has 1 aliphatic heterocycles. The fourth-order valence-electron chi connectivity index (χ4n) is 3.49. The molecule has 2 nitrogen and oxygen atoms in total.